The van der Waals surface area contributed by atoms with Crippen LogP contribution in [-0.2, 0) is 32.0 Å². The first-order valence-corrected chi connectivity index (χ1v) is 23.0. The molecule has 1 aliphatic heterocycles. The van der Waals surface area contributed by atoms with E-state index in [2.05, 4.69) is 82.2 Å². The summed E-state index contributed by atoms with van der Waals surface area (Å²) in [4.78, 5) is 43.5. The van der Waals surface area contributed by atoms with E-state index in [4.69, 9.17) is 13.9 Å². The third-order valence-corrected chi connectivity index (χ3v) is 15.9. The second-order valence-corrected chi connectivity index (χ2v) is 21.7. The molecule has 10 nitrogen and oxygen atoms in total. The molecule has 2 amide bonds. The number of hydrogen-bond acceptors (Lipinski definition) is 7. The van der Waals surface area contributed by atoms with Crippen molar-refractivity contribution in [1.82, 2.24) is 20.6 Å². The fraction of sp³-hybridized carbons (Fsp3) is 0.714. The Kier molecular flexibility index (Phi) is 16.9. The minimum atomic E-state index is -1.94. The fourth-order valence-corrected chi connectivity index (χ4v) is 7.96. The topological polar surface area (TPSA) is 132 Å². The van der Waals surface area contributed by atoms with Gasteiger partial charge in [-0.1, -0.05) is 72.1 Å². The molecule has 2 aromatic rings. The van der Waals surface area contributed by atoms with Gasteiger partial charge in [0.05, 0.1) is 13.4 Å². The summed E-state index contributed by atoms with van der Waals surface area (Å²) in [6, 6.07) is -0.810. The number of unbranched alkanes of at least 4 members (excludes halogenated alkanes) is 9. The second kappa shape index (κ2) is 20.4. The Labute approximate surface area is 320 Å². The third kappa shape index (κ3) is 13.5. The van der Waals surface area contributed by atoms with Crippen LogP contribution in [0.15, 0.2) is 12.5 Å². The number of rotatable bonds is 22. The lowest BCUT2D eigenvalue weighted by molar-refractivity contribution is -0.145. The lowest BCUT2D eigenvalue weighted by atomic mass is 9.84. The van der Waals surface area contributed by atoms with Gasteiger partial charge in [0, 0.05) is 43.3 Å². The standard InChI is InChI=1S/C42H70N4O6Si/c1-30-31(2)39-34(32(3)38(30)52-53(9,10)41(4,5)6)22-25-42(7,51-39)24-20-18-16-14-12-11-13-15-17-19-21-36(47)44-26-23-37(48)46-35(40(49)50-8)27-33-28-43-29-45-33/h28-29,35H,11-27H2,1-10H3,(H,43,45)(H,44,47)(H,46,48)/t35?,42-/m1/s1. The third-order valence-electron chi connectivity index (χ3n) is 11.6. The van der Waals surface area contributed by atoms with Crippen LogP contribution in [0.4, 0.5) is 0 Å². The van der Waals surface area contributed by atoms with E-state index in [0.717, 1.165) is 55.7 Å². The van der Waals surface area contributed by atoms with Gasteiger partial charge < -0.3 is 29.5 Å². The van der Waals surface area contributed by atoms with Crippen LogP contribution in [0.2, 0.25) is 18.1 Å². The number of H-pyrrole nitrogens is 1. The summed E-state index contributed by atoms with van der Waals surface area (Å²) in [5.74, 6) is 1.31. The van der Waals surface area contributed by atoms with E-state index in [1.807, 2.05) is 0 Å². The molecular formula is C42H70N4O6Si. The monoisotopic (exact) mass is 755 g/mol. The Morgan fingerprint density at radius 1 is 0.925 bits per heavy atom. The van der Waals surface area contributed by atoms with Crippen molar-refractivity contribution in [3.05, 3.63) is 40.5 Å². The van der Waals surface area contributed by atoms with Gasteiger partial charge in [0.2, 0.25) is 11.8 Å². The van der Waals surface area contributed by atoms with Crippen molar-refractivity contribution < 1.29 is 28.3 Å². The summed E-state index contributed by atoms with van der Waals surface area (Å²) in [7, 11) is -0.659. The lowest BCUT2D eigenvalue weighted by Gasteiger charge is -2.41. The number of fused-ring (bicyclic) bond motifs is 1. The molecule has 3 N–H and O–H groups in total. The maximum Gasteiger partial charge on any atom is 0.328 e. The van der Waals surface area contributed by atoms with Crippen LogP contribution in [0.3, 0.4) is 0 Å². The number of nitrogens with one attached hydrogen (secondary N) is 3. The molecule has 0 spiro atoms. The summed E-state index contributed by atoms with van der Waals surface area (Å²) in [5.41, 5.74) is 5.68. The largest absolute Gasteiger partial charge is 0.543 e. The highest BCUT2D eigenvalue weighted by Crippen LogP contribution is 2.47. The number of hydrogen-bond donors (Lipinski definition) is 3. The van der Waals surface area contributed by atoms with Crippen molar-refractivity contribution in [2.45, 2.75) is 181 Å². The number of nitrogens with zero attached hydrogens (tertiary/aromatic N) is 1. The molecule has 0 saturated carbocycles. The smallest absolute Gasteiger partial charge is 0.328 e. The predicted octanol–water partition coefficient (Wildman–Crippen LogP) is 8.89. The molecule has 0 radical (unpaired) electrons. The summed E-state index contributed by atoms with van der Waals surface area (Å²) < 4.78 is 18.5. The number of aromatic amines is 1. The number of methoxy groups -OCH3 is 1. The molecule has 0 saturated heterocycles. The summed E-state index contributed by atoms with van der Waals surface area (Å²) in [6.07, 6.45) is 18.8. The van der Waals surface area contributed by atoms with Crippen LogP contribution in [0.1, 0.15) is 146 Å². The van der Waals surface area contributed by atoms with E-state index in [1.165, 1.54) is 80.6 Å². The minimum absolute atomic E-state index is 0.0438. The van der Waals surface area contributed by atoms with Crippen LogP contribution < -0.4 is 19.8 Å². The van der Waals surface area contributed by atoms with Gasteiger partial charge in [-0.2, -0.15) is 0 Å². The highest BCUT2D eigenvalue weighted by molar-refractivity contribution is 6.74. The van der Waals surface area contributed by atoms with Gasteiger partial charge in [0.1, 0.15) is 23.1 Å². The van der Waals surface area contributed by atoms with E-state index in [1.54, 1.807) is 6.20 Å². The first-order valence-electron chi connectivity index (χ1n) is 20.1. The van der Waals surface area contributed by atoms with Crippen LogP contribution in [-0.4, -0.2) is 61.4 Å². The highest BCUT2D eigenvalue weighted by Gasteiger charge is 2.41. The molecule has 11 heteroatoms. The van der Waals surface area contributed by atoms with Crippen molar-refractivity contribution in [3.63, 3.8) is 0 Å². The van der Waals surface area contributed by atoms with Gasteiger partial charge >= 0.3 is 5.97 Å². The van der Waals surface area contributed by atoms with Crippen molar-refractivity contribution in [3.8, 4) is 11.5 Å². The van der Waals surface area contributed by atoms with Crippen LogP contribution in [0.5, 0.6) is 11.5 Å². The molecule has 2 atom stereocenters. The zero-order chi connectivity index (χ0) is 39.2. The van der Waals surface area contributed by atoms with E-state index < -0.39 is 20.3 Å². The SMILES string of the molecule is COC(=O)C(Cc1cnc[nH]1)NC(=O)CCNC(=O)CCCCCCCCCCCC[C@]1(C)CCc2c(C)c(O[Si](C)(C)C(C)(C)C)c(C)c(C)c2O1. The average molecular weight is 755 g/mol. The number of imidazole rings is 1. The molecular weight excluding hydrogens is 685 g/mol. The van der Waals surface area contributed by atoms with E-state index in [-0.39, 0.29) is 41.8 Å². The van der Waals surface area contributed by atoms with Crippen molar-refractivity contribution >= 4 is 26.1 Å². The molecule has 1 unspecified atom stereocenters. The average Bonchev–Trinajstić information content (AvgIpc) is 3.61. The molecule has 0 fully saturated rings. The number of aromatic nitrogens is 2. The van der Waals surface area contributed by atoms with Gasteiger partial charge in [-0.05, 0) is 94.6 Å². The Hall–Kier alpha value is -3.34. The van der Waals surface area contributed by atoms with E-state index in [0.29, 0.717) is 6.42 Å². The zero-order valence-corrected chi connectivity index (χ0v) is 35.6. The molecule has 0 aliphatic carbocycles. The highest BCUT2D eigenvalue weighted by atomic mass is 28.4. The fourth-order valence-electron chi connectivity index (χ4n) is 6.84. The van der Waals surface area contributed by atoms with Gasteiger partial charge in [-0.25, -0.2) is 9.78 Å². The maximum absolute atomic E-state index is 12.3. The van der Waals surface area contributed by atoms with Gasteiger partial charge in [-0.3, -0.25) is 9.59 Å². The summed E-state index contributed by atoms with van der Waals surface area (Å²) >= 11 is 0. The molecule has 3 rings (SSSR count). The minimum Gasteiger partial charge on any atom is -0.543 e. The lowest BCUT2D eigenvalue weighted by Crippen LogP contribution is -2.44. The second-order valence-electron chi connectivity index (χ2n) is 17.0. The van der Waals surface area contributed by atoms with Crippen molar-refractivity contribution in [1.29, 1.82) is 0 Å². The molecule has 1 aliphatic rings. The molecule has 53 heavy (non-hydrogen) atoms. The Morgan fingerprint density at radius 3 is 2.13 bits per heavy atom. The molecule has 1 aromatic carbocycles. The number of esters is 1. The van der Waals surface area contributed by atoms with Crippen LogP contribution in [0, 0.1) is 20.8 Å². The Bertz CT molecular complexity index is 1490. The van der Waals surface area contributed by atoms with Gasteiger partial charge in [0.25, 0.3) is 8.32 Å². The first kappa shape index (κ1) is 44.1. The summed E-state index contributed by atoms with van der Waals surface area (Å²) in [6.45, 7) is 20.7. The predicted molar refractivity (Wildman–Crippen MR) is 215 cm³/mol. The normalized spacial score (nSPS) is 16.3. The van der Waals surface area contributed by atoms with Gasteiger partial charge in [-0.15, -0.1) is 0 Å². The number of carbonyl (C=O) groups is 3. The molecule has 298 valence electrons. The number of amides is 2. The molecule has 1 aromatic heterocycles. The molecule has 2 heterocycles. The Morgan fingerprint density at radius 2 is 1.55 bits per heavy atom. The van der Waals surface area contributed by atoms with Gasteiger partial charge in [0.15, 0.2) is 0 Å². The van der Waals surface area contributed by atoms with Crippen molar-refractivity contribution in [2.75, 3.05) is 13.7 Å². The van der Waals surface area contributed by atoms with Crippen LogP contribution >= 0.6 is 0 Å². The van der Waals surface area contributed by atoms with E-state index >= 15 is 0 Å². The maximum atomic E-state index is 12.3. The van der Waals surface area contributed by atoms with Crippen LogP contribution in [0.25, 0.3) is 0 Å². The Balaban J connectivity index is 1.23. The quantitative estimate of drug-likeness (QED) is 0.0622. The number of ether oxygens (including phenoxy) is 2. The molecule has 0 bridgehead atoms. The van der Waals surface area contributed by atoms with Crippen molar-refractivity contribution in [2.24, 2.45) is 0 Å². The number of carbonyl (C=O) groups excluding carboxylic acids is 3. The summed E-state index contributed by atoms with van der Waals surface area (Å²) in [5, 5.41) is 5.65. The first-order chi connectivity index (χ1) is 25.0. The zero-order valence-electron chi connectivity index (χ0n) is 34.6. The number of benzene rings is 1. The van der Waals surface area contributed by atoms with E-state index in [9.17, 15) is 14.4 Å².